The number of carbonyl (C=O) groups is 1. The number of methoxy groups -OCH3 is 1. The number of carbonyl (C=O) groups excluding carboxylic acids is 1. The number of Topliss-reactive ketones (excluding diaryl/α,β-unsaturated/α-hetero) is 1. The Hall–Kier alpha value is -0.650. The van der Waals surface area contributed by atoms with E-state index >= 15 is 0 Å². The number of likely N-dealkylation sites (tertiary alicyclic amines) is 1. The van der Waals surface area contributed by atoms with Crippen LogP contribution in [0.15, 0.2) is 23.4 Å². The van der Waals surface area contributed by atoms with Gasteiger partial charge in [-0.25, -0.2) is 0 Å². The Morgan fingerprint density at radius 1 is 1.42 bits per heavy atom. The number of ether oxygens (including phenoxy) is 1. The van der Waals surface area contributed by atoms with Crippen LogP contribution in [0.3, 0.4) is 0 Å². The summed E-state index contributed by atoms with van der Waals surface area (Å²) < 4.78 is 6.03. The molecule has 0 spiro atoms. The maximum Gasteiger partial charge on any atom is 0.173 e. The summed E-state index contributed by atoms with van der Waals surface area (Å²) in [6, 6.07) is 0. The first kappa shape index (κ1) is 19.7. The number of halogens is 1. The monoisotopic (exact) mass is 399 g/mol. The fourth-order valence-electron chi connectivity index (χ4n) is 3.91. The van der Waals surface area contributed by atoms with Crippen molar-refractivity contribution in [3.63, 3.8) is 0 Å². The third kappa shape index (κ3) is 3.78. The molecule has 1 aliphatic heterocycles. The van der Waals surface area contributed by atoms with Gasteiger partial charge >= 0.3 is 0 Å². The fraction of sp³-hybridized carbons (Fsp3) is 0.737. The molecule has 0 aromatic carbocycles. The van der Waals surface area contributed by atoms with E-state index in [4.69, 9.17) is 4.74 Å². The maximum atomic E-state index is 12.4. The van der Waals surface area contributed by atoms with Crippen LogP contribution in [-0.4, -0.2) is 53.0 Å². The number of allylic oxidation sites excluding steroid dienone is 2. The summed E-state index contributed by atoms with van der Waals surface area (Å²) in [6.07, 6.45) is 5.35. The second-order valence-corrected chi connectivity index (χ2v) is 8.64. The topological polar surface area (TPSA) is 49.8 Å². The molecule has 1 aliphatic carbocycles. The predicted molar refractivity (Wildman–Crippen MR) is 100 cm³/mol. The molecular weight excluding hydrogens is 370 g/mol. The molecular formula is C19H30BrNO3. The van der Waals surface area contributed by atoms with Gasteiger partial charge in [-0.1, -0.05) is 42.8 Å². The van der Waals surface area contributed by atoms with Crippen LogP contribution < -0.4 is 0 Å². The second-order valence-electron chi connectivity index (χ2n) is 8.08. The minimum atomic E-state index is -0.489. The molecule has 4 nitrogen and oxygen atoms in total. The third-order valence-corrected chi connectivity index (χ3v) is 5.86. The molecule has 0 radical (unpaired) electrons. The van der Waals surface area contributed by atoms with Gasteiger partial charge in [-0.2, -0.15) is 0 Å². The Labute approximate surface area is 154 Å². The van der Waals surface area contributed by atoms with Crippen LogP contribution in [0.5, 0.6) is 0 Å². The van der Waals surface area contributed by atoms with Crippen molar-refractivity contribution in [3.05, 3.63) is 23.4 Å². The van der Waals surface area contributed by atoms with Crippen molar-refractivity contribution in [1.82, 2.24) is 4.90 Å². The minimum absolute atomic E-state index is 0.0442. The summed E-state index contributed by atoms with van der Waals surface area (Å²) in [5.74, 6) is 0.178. The predicted octanol–water partition coefficient (Wildman–Crippen LogP) is 3.30. The molecule has 2 rings (SSSR count). The van der Waals surface area contributed by atoms with Gasteiger partial charge < -0.3 is 14.7 Å². The molecule has 0 saturated carbocycles. The van der Waals surface area contributed by atoms with Gasteiger partial charge in [-0.05, 0) is 31.3 Å². The van der Waals surface area contributed by atoms with Gasteiger partial charge in [0.25, 0.3) is 0 Å². The van der Waals surface area contributed by atoms with Gasteiger partial charge in [0.15, 0.2) is 5.78 Å². The summed E-state index contributed by atoms with van der Waals surface area (Å²) in [6.45, 7) is 10.3. The van der Waals surface area contributed by atoms with E-state index in [0.717, 1.165) is 37.2 Å². The lowest BCUT2D eigenvalue weighted by Gasteiger charge is -2.50. The van der Waals surface area contributed by atoms with E-state index in [1.165, 1.54) is 0 Å². The number of alkyl halides is 1. The molecule has 24 heavy (non-hydrogen) atoms. The molecule has 5 heteroatoms. The second kappa shape index (κ2) is 7.30. The summed E-state index contributed by atoms with van der Waals surface area (Å²) in [5.41, 5.74) is 1.28. The Kier molecular flexibility index (Phi) is 5.99. The SMILES string of the molecule is CO[C@@]1(C)C(N2CCC(O)CC2)=CC(C(=O)CBr)=CC1C(C)(C)C. The van der Waals surface area contributed by atoms with Gasteiger partial charge in [-0.3, -0.25) is 4.79 Å². The van der Waals surface area contributed by atoms with Crippen molar-refractivity contribution in [2.45, 2.75) is 52.2 Å². The number of piperidine rings is 1. The summed E-state index contributed by atoms with van der Waals surface area (Å²) in [7, 11) is 1.75. The Morgan fingerprint density at radius 2 is 2.00 bits per heavy atom. The van der Waals surface area contributed by atoms with Crippen molar-refractivity contribution in [2.24, 2.45) is 11.3 Å². The molecule has 0 aromatic rings. The van der Waals surface area contributed by atoms with Crippen molar-refractivity contribution in [2.75, 3.05) is 25.5 Å². The van der Waals surface area contributed by atoms with Crippen LogP contribution in [0.2, 0.25) is 0 Å². The van der Waals surface area contributed by atoms with E-state index in [9.17, 15) is 9.90 Å². The molecule has 1 N–H and O–H groups in total. The molecule has 136 valence electrons. The normalized spacial score (nSPS) is 29.3. The molecule has 1 heterocycles. The smallest absolute Gasteiger partial charge is 0.173 e. The van der Waals surface area contributed by atoms with Crippen LogP contribution in [0.1, 0.15) is 40.5 Å². The van der Waals surface area contributed by atoms with Crippen molar-refractivity contribution in [3.8, 4) is 0 Å². The summed E-state index contributed by atoms with van der Waals surface area (Å²) in [4.78, 5) is 14.6. The fourth-order valence-corrected chi connectivity index (χ4v) is 4.23. The highest BCUT2D eigenvalue weighted by Crippen LogP contribution is 2.46. The Balaban J connectivity index is 2.48. The van der Waals surface area contributed by atoms with Crippen LogP contribution >= 0.6 is 15.9 Å². The molecule has 2 aliphatic rings. The van der Waals surface area contributed by atoms with E-state index < -0.39 is 5.60 Å². The number of aliphatic hydroxyl groups is 1. The zero-order valence-corrected chi connectivity index (χ0v) is 17.0. The third-order valence-electron chi connectivity index (χ3n) is 5.35. The number of hydrogen-bond donors (Lipinski definition) is 1. The highest BCUT2D eigenvalue weighted by atomic mass is 79.9. The number of aliphatic hydroxyl groups excluding tert-OH is 1. The molecule has 0 amide bonds. The lowest BCUT2D eigenvalue weighted by Crippen LogP contribution is -2.52. The highest BCUT2D eigenvalue weighted by Gasteiger charge is 2.47. The van der Waals surface area contributed by atoms with Gasteiger partial charge in [0.1, 0.15) is 5.60 Å². The standard InChI is InChI=1S/C19H30BrNO3/c1-18(2,3)16-10-13(15(23)12-20)11-17(19(16,4)24-5)21-8-6-14(22)7-9-21/h10-11,14,16,22H,6-9,12H2,1-5H3/t16?,19-/m1/s1. The molecule has 1 fully saturated rings. The highest BCUT2D eigenvalue weighted by molar-refractivity contribution is 9.09. The van der Waals surface area contributed by atoms with Crippen molar-refractivity contribution in [1.29, 1.82) is 0 Å². The molecule has 1 unspecified atom stereocenters. The van der Waals surface area contributed by atoms with Crippen LogP contribution in [0.25, 0.3) is 0 Å². The average Bonchev–Trinajstić information content (AvgIpc) is 2.54. The number of ketones is 1. The van der Waals surface area contributed by atoms with Crippen LogP contribution in [0, 0.1) is 11.3 Å². The minimum Gasteiger partial charge on any atom is -0.393 e. The van der Waals surface area contributed by atoms with E-state index in [-0.39, 0.29) is 23.2 Å². The molecule has 0 aromatic heterocycles. The van der Waals surface area contributed by atoms with Crippen LogP contribution in [0.4, 0.5) is 0 Å². The zero-order chi connectivity index (χ0) is 18.1. The first-order chi connectivity index (χ1) is 11.1. The first-order valence-electron chi connectivity index (χ1n) is 8.64. The molecule has 2 atom stereocenters. The number of rotatable bonds is 4. The Morgan fingerprint density at radius 3 is 2.46 bits per heavy atom. The van der Waals surface area contributed by atoms with E-state index in [1.54, 1.807) is 7.11 Å². The lowest BCUT2D eigenvalue weighted by molar-refractivity contribution is -0.113. The Bertz CT molecular complexity index is 541. The van der Waals surface area contributed by atoms with Gasteiger partial charge in [0, 0.05) is 37.4 Å². The summed E-state index contributed by atoms with van der Waals surface area (Å²) >= 11 is 3.29. The van der Waals surface area contributed by atoms with E-state index in [2.05, 4.69) is 54.6 Å². The largest absolute Gasteiger partial charge is 0.393 e. The number of hydrogen-bond acceptors (Lipinski definition) is 4. The quantitative estimate of drug-likeness (QED) is 0.736. The van der Waals surface area contributed by atoms with Gasteiger partial charge in [0.05, 0.1) is 11.4 Å². The lowest BCUT2D eigenvalue weighted by atomic mass is 9.66. The van der Waals surface area contributed by atoms with Crippen molar-refractivity contribution >= 4 is 21.7 Å². The molecule has 1 saturated heterocycles. The van der Waals surface area contributed by atoms with E-state index in [1.807, 2.05) is 6.08 Å². The first-order valence-corrected chi connectivity index (χ1v) is 9.77. The maximum absolute atomic E-state index is 12.4. The zero-order valence-electron chi connectivity index (χ0n) is 15.4. The van der Waals surface area contributed by atoms with Gasteiger partial charge in [0.2, 0.25) is 0 Å². The summed E-state index contributed by atoms with van der Waals surface area (Å²) in [5, 5.41) is 10.1. The van der Waals surface area contributed by atoms with Gasteiger partial charge in [-0.15, -0.1) is 0 Å². The van der Waals surface area contributed by atoms with E-state index in [0.29, 0.717) is 5.33 Å². The average molecular weight is 400 g/mol. The van der Waals surface area contributed by atoms with Crippen molar-refractivity contribution < 1.29 is 14.6 Å². The number of nitrogens with zero attached hydrogens (tertiary/aromatic N) is 1. The molecule has 0 bridgehead atoms. The van der Waals surface area contributed by atoms with Crippen LogP contribution in [-0.2, 0) is 9.53 Å².